The monoisotopic (exact) mass is 263 g/mol. The van der Waals surface area contributed by atoms with Gasteiger partial charge in [-0.25, -0.2) is 0 Å². The van der Waals surface area contributed by atoms with Crippen LogP contribution >= 0.6 is 0 Å². The molecule has 0 spiro atoms. The van der Waals surface area contributed by atoms with Gasteiger partial charge in [0.25, 0.3) is 5.91 Å². The minimum absolute atomic E-state index is 0.0842. The lowest BCUT2D eigenvalue weighted by Gasteiger charge is -2.32. The molecule has 1 aliphatic rings. The molecule has 0 radical (unpaired) electrons. The van der Waals surface area contributed by atoms with E-state index in [1.807, 2.05) is 0 Å². The molecule has 0 aliphatic carbocycles. The van der Waals surface area contributed by atoms with Crippen LogP contribution in [-0.2, 0) is 11.8 Å². The van der Waals surface area contributed by atoms with E-state index < -0.39 is 6.04 Å². The highest BCUT2D eigenvalue weighted by molar-refractivity contribution is 6.01. The van der Waals surface area contributed by atoms with Crippen molar-refractivity contribution < 1.29 is 14.4 Å². The highest BCUT2D eigenvalue weighted by Gasteiger charge is 2.31. The van der Waals surface area contributed by atoms with Crippen LogP contribution in [0.1, 0.15) is 34.7 Å². The zero-order valence-corrected chi connectivity index (χ0v) is 11.3. The largest absolute Gasteiger partial charge is 0.353 e. The van der Waals surface area contributed by atoms with E-state index in [0.29, 0.717) is 24.3 Å². The molecular weight excluding hydrogens is 246 g/mol. The normalized spacial score (nSPS) is 19.2. The molecule has 1 N–H and O–H groups in total. The number of hydrogen-bond acceptors (Lipinski definition) is 3. The minimum atomic E-state index is -0.489. The molecule has 2 amide bonds. The number of carbonyl (C=O) groups excluding carboxylic acids is 3. The van der Waals surface area contributed by atoms with Crippen LogP contribution in [-0.4, -0.2) is 46.2 Å². The summed E-state index contributed by atoms with van der Waals surface area (Å²) in [7, 11) is 1.72. The summed E-state index contributed by atoms with van der Waals surface area (Å²) in [6.07, 6.45) is 1.63. The Morgan fingerprint density at radius 3 is 2.68 bits per heavy atom. The van der Waals surface area contributed by atoms with Crippen LogP contribution in [0.15, 0.2) is 12.3 Å². The number of carbonyl (C=O) groups is 3. The SMILES string of the molecule is CC(=O)c1cc(C(=O)N2CCNC(=O)C2C)n(C)c1. The van der Waals surface area contributed by atoms with Gasteiger partial charge in [-0.15, -0.1) is 0 Å². The Kier molecular flexibility index (Phi) is 3.42. The first kappa shape index (κ1) is 13.3. The number of amides is 2. The summed E-state index contributed by atoms with van der Waals surface area (Å²) in [5, 5.41) is 2.71. The number of rotatable bonds is 2. The van der Waals surface area contributed by atoms with Crippen molar-refractivity contribution in [3.05, 3.63) is 23.5 Å². The van der Waals surface area contributed by atoms with Crippen molar-refractivity contribution in [2.45, 2.75) is 19.9 Å². The van der Waals surface area contributed by atoms with Crippen LogP contribution in [0.5, 0.6) is 0 Å². The van der Waals surface area contributed by atoms with E-state index in [1.165, 1.54) is 11.8 Å². The zero-order valence-electron chi connectivity index (χ0n) is 11.3. The summed E-state index contributed by atoms with van der Waals surface area (Å²) in [4.78, 5) is 36.8. The average molecular weight is 263 g/mol. The molecule has 0 aromatic carbocycles. The van der Waals surface area contributed by atoms with E-state index >= 15 is 0 Å². The predicted molar refractivity (Wildman–Crippen MR) is 68.9 cm³/mol. The summed E-state index contributed by atoms with van der Waals surface area (Å²) in [5.41, 5.74) is 0.923. The van der Waals surface area contributed by atoms with Gasteiger partial charge in [0.15, 0.2) is 5.78 Å². The van der Waals surface area contributed by atoms with Gasteiger partial charge in [-0.05, 0) is 19.9 Å². The molecule has 1 unspecified atom stereocenters. The second-order valence-electron chi connectivity index (χ2n) is 4.75. The van der Waals surface area contributed by atoms with E-state index in [4.69, 9.17) is 0 Å². The third-order valence-electron chi connectivity index (χ3n) is 3.39. The fourth-order valence-corrected chi connectivity index (χ4v) is 2.18. The number of piperazine rings is 1. The molecule has 0 saturated carbocycles. The molecule has 6 nitrogen and oxygen atoms in total. The Morgan fingerprint density at radius 2 is 2.11 bits per heavy atom. The quantitative estimate of drug-likeness (QED) is 0.774. The molecule has 1 aliphatic heterocycles. The van der Waals surface area contributed by atoms with Crippen LogP contribution in [0.4, 0.5) is 0 Å². The van der Waals surface area contributed by atoms with Gasteiger partial charge in [-0.1, -0.05) is 0 Å². The maximum atomic E-state index is 12.4. The molecule has 2 rings (SSSR count). The molecule has 1 atom stereocenters. The fourth-order valence-electron chi connectivity index (χ4n) is 2.18. The van der Waals surface area contributed by atoms with Gasteiger partial charge in [0.05, 0.1) is 0 Å². The van der Waals surface area contributed by atoms with Crippen molar-refractivity contribution in [2.75, 3.05) is 13.1 Å². The van der Waals surface area contributed by atoms with Gasteiger partial charge < -0.3 is 14.8 Å². The standard InChI is InChI=1S/C13H17N3O3/c1-8-12(18)14-4-5-16(8)13(19)11-6-10(9(2)17)7-15(11)3/h6-8H,4-5H2,1-3H3,(H,14,18). The van der Waals surface area contributed by atoms with Crippen molar-refractivity contribution in [3.63, 3.8) is 0 Å². The Morgan fingerprint density at radius 1 is 1.42 bits per heavy atom. The summed E-state index contributed by atoms with van der Waals surface area (Å²) in [6.45, 7) is 4.09. The Hall–Kier alpha value is -2.11. The van der Waals surface area contributed by atoms with Crippen LogP contribution < -0.4 is 5.32 Å². The molecule has 1 saturated heterocycles. The summed E-state index contributed by atoms with van der Waals surface area (Å²) in [5.74, 6) is -0.461. The Bertz CT molecular complexity index is 547. The first-order chi connectivity index (χ1) is 8.91. The first-order valence-corrected chi connectivity index (χ1v) is 6.18. The number of aromatic nitrogens is 1. The Labute approximate surface area is 111 Å². The van der Waals surface area contributed by atoms with E-state index in [1.54, 1.807) is 30.8 Å². The maximum absolute atomic E-state index is 12.4. The average Bonchev–Trinajstić information content (AvgIpc) is 2.74. The van der Waals surface area contributed by atoms with Crippen molar-refractivity contribution in [1.29, 1.82) is 0 Å². The molecule has 6 heteroatoms. The van der Waals surface area contributed by atoms with Gasteiger partial charge >= 0.3 is 0 Å². The number of ketones is 1. The van der Waals surface area contributed by atoms with Crippen molar-refractivity contribution in [1.82, 2.24) is 14.8 Å². The van der Waals surface area contributed by atoms with Crippen LogP contribution in [0.25, 0.3) is 0 Å². The van der Waals surface area contributed by atoms with Gasteiger partial charge in [-0.2, -0.15) is 0 Å². The van der Waals surface area contributed by atoms with E-state index in [9.17, 15) is 14.4 Å². The van der Waals surface area contributed by atoms with E-state index in [2.05, 4.69) is 5.32 Å². The molecule has 2 heterocycles. The van der Waals surface area contributed by atoms with Gasteiger partial charge in [0.1, 0.15) is 11.7 Å². The third kappa shape index (κ3) is 2.38. The zero-order chi connectivity index (χ0) is 14.2. The number of aryl methyl sites for hydroxylation is 1. The molecule has 1 aromatic heterocycles. The highest BCUT2D eigenvalue weighted by Crippen LogP contribution is 2.14. The molecular formula is C13H17N3O3. The van der Waals surface area contributed by atoms with Crippen molar-refractivity contribution in [2.24, 2.45) is 7.05 Å². The predicted octanol–water partition coefficient (Wildman–Crippen LogP) is 0.188. The lowest BCUT2D eigenvalue weighted by Crippen LogP contribution is -2.56. The smallest absolute Gasteiger partial charge is 0.271 e. The molecule has 0 bridgehead atoms. The third-order valence-corrected chi connectivity index (χ3v) is 3.39. The Balaban J connectivity index is 2.28. The van der Waals surface area contributed by atoms with Gasteiger partial charge in [0, 0.05) is 31.9 Å². The summed E-state index contributed by atoms with van der Waals surface area (Å²) in [6, 6.07) is 1.08. The topological polar surface area (TPSA) is 71.4 Å². The maximum Gasteiger partial charge on any atom is 0.271 e. The van der Waals surface area contributed by atoms with Crippen molar-refractivity contribution >= 4 is 17.6 Å². The van der Waals surface area contributed by atoms with Crippen molar-refractivity contribution in [3.8, 4) is 0 Å². The molecule has 102 valence electrons. The number of hydrogen-bond donors (Lipinski definition) is 1. The van der Waals surface area contributed by atoms with E-state index in [-0.39, 0.29) is 17.6 Å². The highest BCUT2D eigenvalue weighted by atomic mass is 16.2. The summed E-state index contributed by atoms with van der Waals surface area (Å²) >= 11 is 0. The van der Waals surface area contributed by atoms with E-state index in [0.717, 1.165) is 0 Å². The van der Waals surface area contributed by atoms with Gasteiger partial charge in [0.2, 0.25) is 5.91 Å². The number of Topliss-reactive ketones (excluding diaryl/α,β-unsaturated/α-hetero) is 1. The first-order valence-electron chi connectivity index (χ1n) is 6.18. The second-order valence-corrected chi connectivity index (χ2v) is 4.75. The molecule has 1 fully saturated rings. The molecule has 1 aromatic rings. The number of nitrogens with one attached hydrogen (secondary N) is 1. The lowest BCUT2D eigenvalue weighted by molar-refractivity contribution is -0.127. The van der Waals surface area contributed by atoms with Gasteiger partial charge in [-0.3, -0.25) is 14.4 Å². The van der Waals surface area contributed by atoms with Crippen LogP contribution in [0.3, 0.4) is 0 Å². The second kappa shape index (κ2) is 4.87. The molecule has 19 heavy (non-hydrogen) atoms. The lowest BCUT2D eigenvalue weighted by atomic mass is 10.1. The fraction of sp³-hybridized carbons (Fsp3) is 0.462. The van der Waals surface area contributed by atoms with Crippen LogP contribution in [0.2, 0.25) is 0 Å². The van der Waals surface area contributed by atoms with Crippen LogP contribution in [0, 0.1) is 0 Å². The number of nitrogens with zero attached hydrogens (tertiary/aromatic N) is 2. The summed E-state index contributed by atoms with van der Waals surface area (Å²) < 4.78 is 1.62. The minimum Gasteiger partial charge on any atom is -0.353 e.